The molecule has 0 aromatic heterocycles. The maximum absolute atomic E-state index is 12.6. The molecule has 2 nitrogen and oxygen atoms in total. The van der Waals surface area contributed by atoms with E-state index >= 15 is 0 Å². The Labute approximate surface area is 89.4 Å². The van der Waals surface area contributed by atoms with Crippen LogP contribution in [0.15, 0.2) is 24.3 Å². The van der Waals surface area contributed by atoms with Crippen molar-refractivity contribution in [2.45, 2.75) is 12.8 Å². The number of nitrogens with one attached hydrogen (secondary N) is 1. The van der Waals surface area contributed by atoms with Gasteiger partial charge in [-0.15, -0.1) is 0 Å². The molecule has 3 heteroatoms. The van der Waals surface area contributed by atoms with Crippen molar-refractivity contribution in [3.05, 3.63) is 30.1 Å². The normalized spacial score (nSPS) is 20.5. The van der Waals surface area contributed by atoms with Gasteiger partial charge in [0, 0.05) is 0 Å². The van der Waals surface area contributed by atoms with E-state index in [9.17, 15) is 4.39 Å². The van der Waals surface area contributed by atoms with Crippen LogP contribution in [0.1, 0.15) is 12.8 Å². The molecule has 0 aliphatic carbocycles. The Balaban J connectivity index is 1.71. The molecule has 0 bridgehead atoms. The number of rotatable bonds is 4. The van der Waals surface area contributed by atoms with Crippen LogP contribution in [-0.2, 0) is 0 Å². The molecular formula is C12H16FNO. The highest BCUT2D eigenvalue weighted by atomic mass is 19.1. The Morgan fingerprint density at radius 1 is 1.33 bits per heavy atom. The predicted molar refractivity (Wildman–Crippen MR) is 57.5 cm³/mol. The highest BCUT2D eigenvalue weighted by Gasteiger charge is 2.13. The lowest BCUT2D eigenvalue weighted by molar-refractivity contribution is 0.283. The summed E-state index contributed by atoms with van der Waals surface area (Å²) in [5, 5.41) is 3.32. The van der Waals surface area contributed by atoms with Crippen LogP contribution in [0.4, 0.5) is 4.39 Å². The van der Waals surface area contributed by atoms with Gasteiger partial charge in [0.05, 0.1) is 6.61 Å². The standard InChI is InChI=1S/C12H16FNO/c13-11-1-3-12(4-2-11)15-8-6-10-5-7-14-9-10/h1-4,10,14H,5-9H2/t10-/m1/s1. The highest BCUT2D eigenvalue weighted by Crippen LogP contribution is 2.15. The number of benzene rings is 1. The Kier molecular flexibility index (Phi) is 3.56. The van der Waals surface area contributed by atoms with E-state index in [4.69, 9.17) is 4.74 Å². The molecule has 0 spiro atoms. The summed E-state index contributed by atoms with van der Waals surface area (Å²) in [7, 11) is 0. The number of halogens is 1. The Bertz CT molecular complexity index is 293. The van der Waals surface area contributed by atoms with Gasteiger partial charge in [0.1, 0.15) is 11.6 Å². The summed E-state index contributed by atoms with van der Waals surface area (Å²) in [5.74, 6) is 1.27. The van der Waals surface area contributed by atoms with E-state index < -0.39 is 0 Å². The molecule has 0 amide bonds. The average Bonchev–Trinajstić information content (AvgIpc) is 2.74. The van der Waals surface area contributed by atoms with Gasteiger partial charge in [-0.3, -0.25) is 0 Å². The summed E-state index contributed by atoms with van der Waals surface area (Å²) in [6.07, 6.45) is 2.32. The zero-order valence-corrected chi connectivity index (χ0v) is 8.71. The van der Waals surface area contributed by atoms with Crippen molar-refractivity contribution in [2.24, 2.45) is 5.92 Å². The highest BCUT2D eigenvalue weighted by molar-refractivity contribution is 5.21. The average molecular weight is 209 g/mol. The minimum atomic E-state index is -0.220. The first kappa shape index (κ1) is 10.4. The number of hydrogen-bond acceptors (Lipinski definition) is 2. The second-order valence-electron chi connectivity index (χ2n) is 3.95. The molecule has 1 aromatic carbocycles. The van der Waals surface area contributed by atoms with Crippen molar-refractivity contribution in [3.63, 3.8) is 0 Å². The van der Waals surface area contributed by atoms with Gasteiger partial charge in [-0.2, -0.15) is 0 Å². The van der Waals surface area contributed by atoms with Crippen LogP contribution in [0.2, 0.25) is 0 Å². The van der Waals surface area contributed by atoms with Crippen LogP contribution in [0, 0.1) is 11.7 Å². The smallest absolute Gasteiger partial charge is 0.123 e. The molecule has 15 heavy (non-hydrogen) atoms. The van der Waals surface area contributed by atoms with E-state index in [1.54, 1.807) is 12.1 Å². The molecule has 1 saturated heterocycles. The fraction of sp³-hybridized carbons (Fsp3) is 0.500. The van der Waals surface area contributed by atoms with Gasteiger partial charge in [-0.05, 0) is 56.1 Å². The first-order valence-electron chi connectivity index (χ1n) is 5.44. The van der Waals surface area contributed by atoms with Gasteiger partial charge in [0.2, 0.25) is 0 Å². The van der Waals surface area contributed by atoms with E-state index in [-0.39, 0.29) is 5.82 Å². The van der Waals surface area contributed by atoms with Crippen molar-refractivity contribution in [1.82, 2.24) is 5.32 Å². The summed E-state index contributed by atoms with van der Waals surface area (Å²) in [4.78, 5) is 0. The van der Waals surface area contributed by atoms with Gasteiger partial charge in [-0.1, -0.05) is 0 Å². The summed E-state index contributed by atoms with van der Waals surface area (Å²) in [6.45, 7) is 2.95. The summed E-state index contributed by atoms with van der Waals surface area (Å²) < 4.78 is 18.1. The Hall–Kier alpha value is -1.09. The quantitative estimate of drug-likeness (QED) is 0.820. The maximum Gasteiger partial charge on any atom is 0.123 e. The monoisotopic (exact) mass is 209 g/mol. The third kappa shape index (κ3) is 3.20. The lowest BCUT2D eigenvalue weighted by Crippen LogP contribution is -2.11. The molecule has 0 saturated carbocycles. The topological polar surface area (TPSA) is 21.3 Å². The second kappa shape index (κ2) is 5.12. The predicted octanol–water partition coefficient (Wildman–Crippen LogP) is 2.20. The largest absolute Gasteiger partial charge is 0.494 e. The Morgan fingerprint density at radius 2 is 2.13 bits per heavy atom. The SMILES string of the molecule is Fc1ccc(OCC[C@H]2CCNC2)cc1. The zero-order chi connectivity index (χ0) is 10.5. The minimum Gasteiger partial charge on any atom is -0.494 e. The van der Waals surface area contributed by atoms with Gasteiger partial charge < -0.3 is 10.1 Å². The molecule has 1 heterocycles. The molecule has 1 fully saturated rings. The van der Waals surface area contributed by atoms with Gasteiger partial charge in [0.15, 0.2) is 0 Å². The lowest BCUT2D eigenvalue weighted by atomic mass is 10.1. The molecule has 0 radical (unpaired) electrons. The minimum absolute atomic E-state index is 0.220. The lowest BCUT2D eigenvalue weighted by Gasteiger charge is -2.09. The first-order valence-corrected chi connectivity index (χ1v) is 5.44. The van der Waals surface area contributed by atoms with Crippen molar-refractivity contribution >= 4 is 0 Å². The van der Waals surface area contributed by atoms with E-state index in [1.807, 2.05) is 0 Å². The molecule has 0 unspecified atom stereocenters. The second-order valence-corrected chi connectivity index (χ2v) is 3.95. The zero-order valence-electron chi connectivity index (χ0n) is 8.71. The molecule has 82 valence electrons. The summed E-state index contributed by atoms with van der Waals surface area (Å²) in [5.41, 5.74) is 0. The van der Waals surface area contributed by atoms with E-state index in [2.05, 4.69) is 5.32 Å². The summed E-state index contributed by atoms with van der Waals surface area (Å²) in [6, 6.07) is 6.18. The van der Waals surface area contributed by atoms with E-state index in [1.165, 1.54) is 18.6 Å². The fourth-order valence-electron chi connectivity index (χ4n) is 1.84. The van der Waals surface area contributed by atoms with Crippen LogP contribution in [0.5, 0.6) is 5.75 Å². The van der Waals surface area contributed by atoms with Gasteiger partial charge in [0.25, 0.3) is 0 Å². The van der Waals surface area contributed by atoms with Crippen molar-refractivity contribution in [2.75, 3.05) is 19.7 Å². The maximum atomic E-state index is 12.6. The van der Waals surface area contributed by atoms with Crippen molar-refractivity contribution in [3.8, 4) is 5.75 Å². The third-order valence-electron chi connectivity index (χ3n) is 2.77. The molecular weight excluding hydrogens is 193 g/mol. The first-order chi connectivity index (χ1) is 7.34. The Morgan fingerprint density at radius 3 is 2.80 bits per heavy atom. The van der Waals surface area contributed by atoms with Crippen LogP contribution >= 0.6 is 0 Å². The molecule has 1 N–H and O–H groups in total. The fourth-order valence-corrected chi connectivity index (χ4v) is 1.84. The third-order valence-corrected chi connectivity index (χ3v) is 2.77. The number of hydrogen-bond donors (Lipinski definition) is 1. The van der Waals surface area contributed by atoms with Crippen molar-refractivity contribution < 1.29 is 9.13 Å². The van der Waals surface area contributed by atoms with Gasteiger partial charge >= 0.3 is 0 Å². The van der Waals surface area contributed by atoms with Crippen LogP contribution in [0.25, 0.3) is 0 Å². The summed E-state index contributed by atoms with van der Waals surface area (Å²) >= 11 is 0. The van der Waals surface area contributed by atoms with E-state index in [0.29, 0.717) is 0 Å². The van der Waals surface area contributed by atoms with Crippen LogP contribution in [0.3, 0.4) is 0 Å². The van der Waals surface area contributed by atoms with Crippen LogP contribution < -0.4 is 10.1 Å². The van der Waals surface area contributed by atoms with E-state index in [0.717, 1.165) is 37.8 Å². The number of ether oxygens (including phenoxy) is 1. The molecule has 1 aliphatic rings. The van der Waals surface area contributed by atoms with Crippen molar-refractivity contribution in [1.29, 1.82) is 0 Å². The van der Waals surface area contributed by atoms with Crippen LogP contribution in [-0.4, -0.2) is 19.7 Å². The van der Waals surface area contributed by atoms with Gasteiger partial charge in [-0.25, -0.2) is 4.39 Å². The molecule has 2 rings (SSSR count). The molecule has 1 atom stereocenters. The molecule has 1 aromatic rings. The molecule has 1 aliphatic heterocycles.